The van der Waals surface area contributed by atoms with Crippen LogP contribution in [0.3, 0.4) is 0 Å². The highest BCUT2D eigenvalue weighted by molar-refractivity contribution is 6.36. The van der Waals surface area contributed by atoms with Crippen LogP contribution in [-0.4, -0.2) is 46.5 Å². The van der Waals surface area contributed by atoms with Gasteiger partial charge in [0.15, 0.2) is 29.3 Å². The van der Waals surface area contributed by atoms with E-state index in [0.29, 0.717) is 60.1 Å². The number of aldehydes is 1. The van der Waals surface area contributed by atoms with Crippen molar-refractivity contribution < 1.29 is 32.2 Å². The molecule has 0 saturated carbocycles. The standard InChI is InChI=1S/C34H28ClF3N6O4/c1-46-32-28(33-47-13-4-14-48-33)43-29(34(36,37)38)31(44-32)41-24-10-9-21-20(5-2-6-22(21)24)23-7-3-8-25(26(23)35)42-30-27-19(11-12-39-30)15-18(17-45)16-40-27/h2-3,5-8,11-12,15-17,24,33H,4,9-10,13-14H2,1H3,(H,39,42)(H,41,44). The van der Waals surface area contributed by atoms with E-state index in [1.807, 2.05) is 36.4 Å². The van der Waals surface area contributed by atoms with Gasteiger partial charge in [-0.1, -0.05) is 41.9 Å². The van der Waals surface area contributed by atoms with E-state index in [-0.39, 0.29) is 11.6 Å². The highest BCUT2D eigenvalue weighted by Gasteiger charge is 2.40. The molecular formula is C34H28ClF3N6O4. The Bertz CT molecular complexity index is 2020. The number of halogens is 4. The van der Waals surface area contributed by atoms with Crippen molar-refractivity contribution in [2.75, 3.05) is 31.0 Å². The molecule has 0 radical (unpaired) electrons. The highest BCUT2D eigenvalue weighted by Crippen LogP contribution is 2.45. The molecule has 246 valence electrons. The Morgan fingerprint density at radius 1 is 1.02 bits per heavy atom. The quantitative estimate of drug-likeness (QED) is 0.157. The zero-order chi connectivity index (χ0) is 33.4. The molecule has 2 aliphatic rings. The normalized spacial score (nSPS) is 16.5. The van der Waals surface area contributed by atoms with Crippen molar-refractivity contribution in [2.45, 2.75) is 37.8 Å². The minimum atomic E-state index is -4.81. The van der Waals surface area contributed by atoms with E-state index >= 15 is 0 Å². The third kappa shape index (κ3) is 6.00. The Morgan fingerprint density at radius 3 is 2.58 bits per heavy atom. The number of ether oxygens (including phenoxy) is 3. The molecule has 1 aliphatic carbocycles. The van der Waals surface area contributed by atoms with E-state index in [9.17, 15) is 18.0 Å². The van der Waals surface area contributed by atoms with Gasteiger partial charge in [-0.2, -0.15) is 18.2 Å². The minimum Gasteiger partial charge on any atom is -0.480 e. The summed E-state index contributed by atoms with van der Waals surface area (Å²) < 4.78 is 59.4. The van der Waals surface area contributed by atoms with E-state index < -0.39 is 30.0 Å². The monoisotopic (exact) mass is 676 g/mol. The lowest BCUT2D eigenvalue weighted by atomic mass is 9.96. The van der Waals surface area contributed by atoms with Gasteiger partial charge in [-0.25, -0.2) is 9.97 Å². The maximum absolute atomic E-state index is 14.3. The second kappa shape index (κ2) is 13.0. The first-order valence-electron chi connectivity index (χ1n) is 15.2. The van der Waals surface area contributed by atoms with Crippen LogP contribution in [0.4, 0.5) is 30.5 Å². The van der Waals surface area contributed by atoms with E-state index in [0.717, 1.165) is 33.9 Å². The topological polar surface area (TPSA) is 120 Å². The first-order valence-corrected chi connectivity index (χ1v) is 15.5. The first kappa shape index (κ1) is 31.7. The molecule has 1 unspecified atom stereocenters. The minimum absolute atomic E-state index is 0.111. The summed E-state index contributed by atoms with van der Waals surface area (Å²) in [7, 11) is 1.31. The molecular weight excluding hydrogens is 649 g/mol. The lowest BCUT2D eigenvalue weighted by molar-refractivity contribution is -0.187. The summed E-state index contributed by atoms with van der Waals surface area (Å²) >= 11 is 6.99. The van der Waals surface area contributed by atoms with Crippen LogP contribution in [0.5, 0.6) is 5.88 Å². The second-order valence-corrected chi connectivity index (χ2v) is 11.6. The van der Waals surface area contributed by atoms with Crippen molar-refractivity contribution >= 4 is 46.1 Å². The van der Waals surface area contributed by atoms with Gasteiger partial charge in [-0.3, -0.25) is 9.78 Å². The number of anilines is 3. The SMILES string of the molecule is COc1nc(NC2CCc3c(-c4cccc(Nc5nccc6cc(C=O)cnc56)c4Cl)cccc32)c(C(F)(F)F)nc1C1OCCCO1. The van der Waals surface area contributed by atoms with Gasteiger partial charge in [0.1, 0.15) is 5.52 Å². The van der Waals surface area contributed by atoms with E-state index in [1.165, 1.54) is 13.3 Å². The average Bonchev–Trinajstić information content (AvgIpc) is 3.51. The molecule has 0 spiro atoms. The lowest BCUT2D eigenvalue weighted by Crippen LogP contribution is -2.24. The van der Waals surface area contributed by atoms with Crippen molar-refractivity contribution in [1.29, 1.82) is 0 Å². The van der Waals surface area contributed by atoms with Crippen LogP contribution in [-0.2, 0) is 22.1 Å². The Morgan fingerprint density at radius 2 is 1.81 bits per heavy atom. The number of nitrogens with zero attached hydrogens (tertiary/aromatic N) is 4. The third-order valence-corrected chi connectivity index (χ3v) is 8.69. The van der Waals surface area contributed by atoms with Crippen molar-refractivity contribution in [2.24, 2.45) is 0 Å². The van der Waals surface area contributed by atoms with Crippen LogP contribution in [0, 0.1) is 0 Å². The van der Waals surface area contributed by atoms with Crippen LogP contribution in [0.2, 0.25) is 5.02 Å². The maximum Gasteiger partial charge on any atom is 0.437 e. The van der Waals surface area contributed by atoms with Gasteiger partial charge in [0.2, 0.25) is 12.2 Å². The van der Waals surface area contributed by atoms with E-state index in [4.69, 9.17) is 25.8 Å². The van der Waals surface area contributed by atoms with Gasteiger partial charge < -0.3 is 24.8 Å². The third-order valence-electron chi connectivity index (χ3n) is 8.28. The molecule has 10 nitrogen and oxygen atoms in total. The van der Waals surface area contributed by atoms with E-state index in [2.05, 4.69) is 30.6 Å². The fourth-order valence-electron chi connectivity index (χ4n) is 6.10. The van der Waals surface area contributed by atoms with Gasteiger partial charge >= 0.3 is 6.18 Å². The molecule has 0 bridgehead atoms. The molecule has 2 N–H and O–H groups in total. The molecule has 1 atom stereocenters. The van der Waals surface area contributed by atoms with Crippen LogP contribution in [0.15, 0.2) is 60.9 Å². The number of alkyl halides is 3. The Balaban J connectivity index is 1.21. The molecule has 4 heterocycles. The number of fused-ring (bicyclic) bond motifs is 2. The number of carbonyl (C=O) groups excluding carboxylic acids is 1. The number of carbonyl (C=O) groups is 1. The predicted octanol–water partition coefficient (Wildman–Crippen LogP) is 7.86. The number of benzene rings is 2. The second-order valence-electron chi connectivity index (χ2n) is 11.3. The molecule has 3 aromatic heterocycles. The van der Waals surface area contributed by atoms with Crippen LogP contribution >= 0.6 is 11.6 Å². The zero-order valence-electron chi connectivity index (χ0n) is 25.5. The number of nitrogens with one attached hydrogen (secondary N) is 2. The van der Waals surface area contributed by atoms with Crippen molar-refractivity contribution in [3.05, 3.63) is 94.0 Å². The Hall–Kier alpha value is -4.85. The molecule has 48 heavy (non-hydrogen) atoms. The van der Waals surface area contributed by atoms with Crippen molar-refractivity contribution in [3.8, 4) is 17.0 Å². The summed E-state index contributed by atoms with van der Waals surface area (Å²) in [5.41, 5.74) is 3.64. The first-order chi connectivity index (χ1) is 23.2. The smallest absolute Gasteiger partial charge is 0.437 e. The Labute approximate surface area is 277 Å². The number of pyridine rings is 2. The molecule has 2 aromatic carbocycles. The van der Waals surface area contributed by atoms with Crippen LogP contribution in [0.1, 0.15) is 58.0 Å². The molecule has 1 aliphatic heterocycles. The summed E-state index contributed by atoms with van der Waals surface area (Å²) in [5.74, 6) is -0.0837. The fraction of sp³-hybridized carbons (Fsp3) is 0.265. The van der Waals surface area contributed by atoms with Gasteiger partial charge in [-0.05, 0) is 54.2 Å². The van der Waals surface area contributed by atoms with Gasteiger partial charge in [-0.15, -0.1) is 0 Å². The van der Waals surface area contributed by atoms with Gasteiger partial charge in [0.25, 0.3) is 0 Å². The Kier molecular flexibility index (Phi) is 8.58. The van der Waals surface area contributed by atoms with Gasteiger partial charge in [0.05, 0.1) is 37.1 Å². The zero-order valence-corrected chi connectivity index (χ0v) is 26.2. The molecule has 14 heteroatoms. The predicted molar refractivity (Wildman–Crippen MR) is 173 cm³/mol. The molecule has 1 fully saturated rings. The summed E-state index contributed by atoms with van der Waals surface area (Å²) in [6, 6.07) is 14.2. The van der Waals surface area contributed by atoms with Crippen molar-refractivity contribution in [1.82, 2.24) is 19.9 Å². The highest BCUT2D eigenvalue weighted by atomic mass is 35.5. The molecule has 5 aromatic rings. The number of aromatic nitrogens is 4. The molecule has 0 amide bonds. The molecule has 1 saturated heterocycles. The van der Waals surface area contributed by atoms with Crippen LogP contribution < -0.4 is 15.4 Å². The fourth-order valence-corrected chi connectivity index (χ4v) is 6.37. The number of hydrogen-bond acceptors (Lipinski definition) is 10. The summed E-state index contributed by atoms with van der Waals surface area (Å²) in [6.45, 7) is 0.642. The summed E-state index contributed by atoms with van der Waals surface area (Å²) in [4.78, 5) is 28.2. The summed E-state index contributed by atoms with van der Waals surface area (Å²) in [6.07, 6.45) is -0.374. The van der Waals surface area contributed by atoms with E-state index in [1.54, 1.807) is 18.3 Å². The average molecular weight is 677 g/mol. The lowest BCUT2D eigenvalue weighted by Gasteiger charge is -2.25. The van der Waals surface area contributed by atoms with Gasteiger partial charge in [0, 0.05) is 28.9 Å². The van der Waals surface area contributed by atoms with Crippen LogP contribution in [0.25, 0.3) is 22.0 Å². The summed E-state index contributed by atoms with van der Waals surface area (Å²) in [5, 5.41) is 7.45. The number of rotatable bonds is 8. The maximum atomic E-state index is 14.3. The number of hydrogen-bond donors (Lipinski definition) is 2. The molecule has 7 rings (SSSR count). The largest absolute Gasteiger partial charge is 0.480 e. The van der Waals surface area contributed by atoms with Crippen molar-refractivity contribution in [3.63, 3.8) is 0 Å². The number of methoxy groups -OCH3 is 1.